The highest BCUT2D eigenvalue weighted by Gasteiger charge is 2.36. The number of carboxylic acids is 1. The van der Waals surface area contributed by atoms with E-state index in [1.807, 2.05) is 0 Å². The van der Waals surface area contributed by atoms with Gasteiger partial charge in [-0.25, -0.2) is 14.6 Å². The molecule has 0 aromatic carbocycles. The maximum atomic E-state index is 11.8. The number of halogens is 1. The number of aliphatic carboxylic acids is 1. The van der Waals surface area contributed by atoms with Gasteiger partial charge in [0, 0.05) is 6.61 Å². The van der Waals surface area contributed by atoms with Crippen molar-refractivity contribution in [1.29, 1.82) is 0 Å². The molecule has 0 saturated carbocycles. The number of carbonyl (C=O) groups is 2. The van der Waals surface area contributed by atoms with E-state index in [4.69, 9.17) is 13.9 Å². The molecule has 2 N–H and O–H groups in total. The zero-order valence-corrected chi connectivity index (χ0v) is 14.3. The van der Waals surface area contributed by atoms with Crippen LogP contribution in [0.25, 0.3) is 0 Å². The van der Waals surface area contributed by atoms with E-state index in [1.165, 1.54) is 6.20 Å². The lowest BCUT2D eigenvalue weighted by Crippen LogP contribution is -2.47. The molecule has 0 spiro atoms. The van der Waals surface area contributed by atoms with Crippen LogP contribution in [0.5, 0.6) is 0 Å². The van der Waals surface area contributed by atoms with Crippen LogP contribution < -0.4 is 5.32 Å². The Morgan fingerprint density at radius 2 is 2.14 bits per heavy atom. The lowest BCUT2D eigenvalue weighted by atomic mass is 10.1. The Morgan fingerprint density at radius 3 is 2.55 bits per heavy atom. The first kappa shape index (κ1) is 18.4. The Labute approximate surface area is 136 Å². The molecule has 0 bridgehead atoms. The first-order chi connectivity index (χ1) is 10.1. The van der Waals surface area contributed by atoms with Crippen molar-refractivity contribution in [2.45, 2.75) is 45.4 Å². The molecule has 0 aliphatic rings. The summed E-state index contributed by atoms with van der Waals surface area (Å²) in [6.07, 6.45) is -0.579. The summed E-state index contributed by atoms with van der Waals surface area (Å²) in [5.74, 6) is -1.25. The number of amides is 1. The first-order valence-electron chi connectivity index (χ1n) is 6.59. The highest BCUT2D eigenvalue weighted by Crippen LogP contribution is 2.24. The average Bonchev–Trinajstić information content (AvgIpc) is 2.77. The van der Waals surface area contributed by atoms with Gasteiger partial charge in [0.05, 0.1) is 6.20 Å². The Bertz CT molecular complexity index is 525. The minimum absolute atomic E-state index is 0.0391. The summed E-state index contributed by atoms with van der Waals surface area (Å²) >= 11 is 3.08. The summed E-state index contributed by atoms with van der Waals surface area (Å²) in [6, 6.07) is -1.40. The van der Waals surface area contributed by atoms with Gasteiger partial charge < -0.3 is 24.3 Å². The van der Waals surface area contributed by atoms with Crippen LogP contribution in [0.1, 0.15) is 39.7 Å². The molecular weight excluding hydrogens is 360 g/mol. The summed E-state index contributed by atoms with van der Waals surface area (Å²) in [7, 11) is 0. The summed E-state index contributed by atoms with van der Waals surface area (Å²) in [5, 5.41) is 11.6. The van der Waals surface area contributed by atoms with Gasteiger partial charge in [-0.05, 0) is 43.6 Å². The number of hydrogen-bond donors (Lipinski definition) is 2. The molecule has 0 aliphatic heterocycles. The third kappa shape index (κ3) is 5.64. The second kappa shape index (κ2) is 7.59. The highest BCUT2D eigenvalue weighted by molar-refractivity contribution is 9.10. The molecule has 8 nitrogen and oxygen atoms in total. The molecule has 1 amide bonds. The molecule has 0 radical (unpaired) electrons. The topological polar surface area (TPSA) is 111 Å². The van der Waals surface area contributed by atoms with Crippen LogP contribution in [0.2, 0.25) is 0 Å². The number of carboxylic acid groups (broad SMARTS) is 1. The summed E-state index contributed by atoms with van der Waals surface area (Å²) < 4.78 is 16.0. The van der Waals surface area contributed by atoms with Gasteiger partial charge >= 0.3 is 12.1 Å². The molecule has 0 saturated heterocycles. The van der Waals surface area contributed by atoms with Crippen molar-refractivity contribution < 1.29 is 28.6 Å². The third-order valence-corrected chi connectivity index (χ3v) is 2.69. The van der Waals surface area contributed by atoms with E-state index < -0.39 is 29.8 Å². The van der Waals surface area contributed by atoms with Crippen LogP contribution in [0.4, 0.5) is 4.79 Å². The SMILES string of the molecule is CCO[C@@H](c1ncc(Br)o1)[C@H](NC(=O)OC(C)(C)C)C(=O)O. The first-order valence-corrected chi connectivity index (χ1v) is 7.38. The third-order valence-electron chi connectivity index (χ3n) is 2.33. The van der Waals surface area contributed by atoms with E-state index in [1.54, 1.807) is 27.7 Å². The molecule has 1 aromatic heterocycles. The fourth-order valence-electron chi connectivity index (χ4n) is 1.59. The molecule has 22 heavy (non-hydrogen) atoms. The number of aromatic nitrogens is 1. The fraction of sp³-hybridized carbons (Fsp3) is 0.615. The van der Waals surface area contributed by atoms with Gasteiger partial charge in [0.2, 0.25) is 5.89 Å². The second-order valence-corrected chi connectivity index (χ2v) is 6.12. The number of hydrogen-bond acceptors (Lipinski definition) is 6. The Hall–Kier alpha value is -1.61. The van der Waals surface area contributed by atoms with E-state index in [2.05, 4.69) is 26.2 Å². The number of oxazole rings is 1. The zero-order chi connectivity index (χ0) is 16.9. The van der Waals surface area contributed by atoms with Crippen molar-refractivity contribution in [3.05, 3.63) is 16.8 Å². The van der Waals surface area contributed by atoms with Crippen LogP contribution in [0.3, 0.4) is 0 Å². The molecule has 2 atom stereocenters. The van der Waals surface area contributed by atoms with E-state index in [9.17, 15) is 14.7 Å². The largest absolute Gasteiger partial charge is 0.480 e. The molecule has 1 aromatic rings. The second-order valence-electron chi connectivity index (χ2n) is 5.34. The number of rotatable bonds is 6. The normalized spacial score (nSPS) is 14.2. The van der Waals surface area contributed by atoms with Gasteiger partial charge in [-0.1, -0.05) is 0 Å². The van der Waals surface area contributed by atoms with Crippen LogP contribution in [0, 0.1) is 0 Å². The minimum Gasteiger partial charge on any atom is -0.480 e. The average molecular weight is 379 g/mol. The number of alkyl carbamates (subject to hydrolysis) is 1. The monoisotopic (exact) mass is 378 g/mol. The fourth-order valence-corrected chi connectivity index (χ4v) is 1.86. The van der Waals surface area contributed by atoms with E-state index in [0.717, 1.165) is 0 Å². The van der Waals surface area contributed by atoms with Crippen LogP contribution in [-0.4, -0.2) is 40.4 Å². The van der Waals surface area contributed by atoms with Gasteiger partial charge in [-0.3, -0.25) is 0 Å². The van der Waals surface area contributed by atoms with Gasteiger partial charge in [0.15, 0.2) is 16.8 Å². The number of ether oxygens (including phenoxy) is 2. The molecule has 9 heteroatoms. The molecule has 0 unspecified atom stereocenters. The van der Waals surface area contributed by atoms with Gasteiger partial charge in [-0.2, -0.15) is 0 Å². The summed E-state index contributed by atoms with van der Waals surface area (Å²) in [6.45, 7) is 6.93. The van der Waals surface area contributed by atoms with E-state index in [0.29, 0.717) is 4.67 Å². The van der Waals surface area contributed by atoms with Crippen molar-refractivity contribution in [2.75, 3.05) is 6.61 Å². The number of nitrogens with one attached hydrogen (secondary N) is 1. The molecular formula is C13H19BrN2O6. The minimum atomic E-state index is -1.40. The number of nitrogens with zero attached hydrogens (tertiary/aromatic N) is 1. The number of carbonyl (C=O) groups excluding carboxylic acids is 1. The lowest BCUT2D eigenvalue weighted by Gasteiger charge is -2.25. The maximum absolute atomic E-state index is 11.8. The molecule has 1 heterocycles. The van der Waals surface area contributed by atoms with Crippen molar-refractivity contribution >= 4 is 28.0 Å². The summed E-state index contributed by atoms with van der Waals surface area (Å²) in [4.78, 5) is 27.2. The Morgan fingerprint density at radius 1 is 1.50 bits per heavy atom. The van der Waals surface area contributed by atoms with Crippen molar-refractivity contribution in [1.82, 2.24) is 10.3 Å². The lowest BCUT2D eigenvalue weighted by molar-refractivity contribution is -0.144. The van der Waals surface area contributed by atoms with Gasteiger partial charge in [-0.15, -0.1) is 0 Å². The predicted molar refractivity (Wildman–Crippen MR) is 79.4 cm³/mol. The Kier molecular flexibility index (Phi) is 6.36. The van der Waals surface area contributed by atoms with Crippen LogP contribution >= 0.6 is 15.9 Å². The molecule has 124 valence electrons. The van der Waals surface area contributed by atoms with Crippen molar-refractivity contribution in [3.63, 3.8) is 0 Å². The zero-order valence-electron chi connectivity index (χ0n) is 12.8. The van der Waals surface area contributed by atoms with Gasteiger partial charge in [0.25, 0.3) is 0 Å². The molecule has 1 rings (SSSR count). The highest BCUT2D eigenvalue weighted by atomic mass is 79.9. The van der Waals surface area contributed by atoms with Crippen molar-refractivity contribution in [2.24, 2.45) is 0 Å². The van der Waals surface area contributed by atoms with E-state index in [-0.39, 0.29) is 12.5 Å². The quantitative estimate of drug-likeness (QED) is 0.781. The molecule has 0 fully saturated rings. The smallest absolute Gasteiger partial charge is 0.408 e. The van der Waals surface area contributed by atoms with Crippen molar-refractivity contribution in [3.8, 4) is 0 Å². The Balaban J connectivity index is 2.94. The van der Waals surface area contributed by atoms with E-state index >= 15 is 0 Å². The van der Waals surface area contributed by atoms with Crippen LogP contribution in [-0.2, 0) is 14.3 Å². The maximum Gasteiger partial charge on any atom is 0.408 e. The van der Waals surface area contributed by atoms with Gasteiger partial charge in [0.1, 0.15) is 5.60 Å². The predicted octanol–water partition coefficient (Wildman–Crippen LogP) is 2.49. The van der Waals surface area contributed by atoms with Crippen LogP contribution in [0.15, 0.2) is 15.3 Å². The molecule has 0 aliphatic carbocycles. The summed E-state index contributed by atoms with van der Waals surface area (Å²) in [5.41, 5.74) is -0.750. The standard InChI is InChI=1S/C13H19BrN2O6/c1-5-20-9(10-15-6-7(14)21-10)8(11(17)18)16-12(19)22-13(2,3)4/h6,8-9H,5H2,1-4H3,(H,16,19)(H,17,18)/t8-,9+/m0/s1.